The number of hydrogen-bond donors (Lipinski definition) is 0. The summed E-state index contributed by atoms with van der Waals surface area (Å²) in [6, 6.07) is 7.64. The van der Waals surface area contributed by atoms with Crippen LogP contribution in [0.1, 0.15) is 42.5 Å². The molecule has 1 aliphatic carbocycles. The molecule has 0 heterocycles. The molecule has 0 aromatic heterocycles. The molecule has 104 valence electrons. The first-order chi connectivity index (χ1) is 9.15. The van der Waals surface area contributed by atoms with Crippen LogP contribution in [0.2, 0.25) is 0 Å². The SMILES string of the molecule is CN(CCCC(=O)c1ccc(Br)cc1)CC1CCC1. The zero-order valence-corrected chi connectivity index (χ0v) is 13.2. The van der Waals surface area contributed by atoms with Crippen LogP contribution in [0.5, 0.6) is 0 Å². The lowest BCUT2D eigenvalue weighted by Gasteiger charge is -2.30. The number of benzene rings is 1. The Kier molecular flexibility index (Phi) is 5.59. The quantitative estimate of drug-likeness (QED) is 0.703. The molecule has 0 bridgehead atoms. The molecule has 1 aromatic carbocycles. The van der Waals surface area contributed by atoms with E-state index in [9.17, 15) is 4.79 Å². The van der Waals surface area contributed by atoms with Gasteiger partial charge in [0.05, 0.1) is 0 Å². The van der Waals surface area contributed by atoms with Gasteiger partial charge in [-0.2, -0.15) is 0 Å². The Morgan fingerprint density at radius 1 is 1.32 bits per heavy atom. The Hall–Kier alpha value is -0.670. The van der Waals surface area contributed by atoms with E-state index in [-0.39, 0.29) is 5.78 Å². The average Bonchev–Trinajstić information content (AvgIpc) is 2.34. The van der Waals surface area contributed by atoms with Gasteiger partial charge < -0.3 is 4.90 Å². The second-order valence-electron chi connectivity index (χ2n) is 5.59. The van der Waals surface area contributed by atoms with E-state index >= 15 is 0 Å². The van der Waals surface area contributed by atoms with Crippen LogP contribution in [0.3, 0.4) is 0 Å². The number of Topliss-reactive ketones (excluding diaryl/α,β-unsaturated/α-hetero) is 1. The first-order valence-electron chi connectivity index (χ1n) is 7.12. The third kappa shape index (κ3) is 4.73. The number of hydrogen-bond acceptors (Lipinski definition) is 2. The Bertz CT molecular complexity index is 411. The molecule has 0 aliphatic heterocycles. The topological polar surface area (TPSA) is 20.3 Å². The molecule has 0 unspecified atom stereocenters. The summed E-state index contributed by atoms with van der Waals surface area (Å²) in [6.45, 7) is 2.23. The number of carbonyl (C=O) groups is 1. The lowest BCUT2D eigenvalue weighted by molar-refractivity contribution is 0.0974. The molecule has 1 saturated carbocycles. The van der Waals surface area contributed by atoms with Crippen molar-refractivity contribution in [1.82, 2.24) is 4.90 Å². The van der Waals surface area contributed by atoms with Gasteiger partial charge in [-0.3, -0.25) is 4.79 Å². The summed E-state index contributed by atoms with van der Waals surface area (Å²) in [7, 11) is 2.17. The summed E-state index contributed by atoms with van der Waals surface area (Å²) < 4.78 is 1.02. The predicted octanol–water partition coefficient (Wildman–Crippen LogP) is 4.14. The number of halogens is 1. The molecular weight excluding hydrogens is 302 g/mol. The number of nitrogens with zero attached hydrogens (tertiary/aromatic N) is 1. The van der Waals surface area contributed by atoms with E-state index in [0.29, 0.717) is 6.42 Å². The van der Waals surface area contributed by atoms with Crippen LogP contribution in [-0.2, 0) is 0 Å². The number of carbonyl (C=O) groups excluding carboxylic acids is 1. The van der Waals surface area contributed by atoms with Crippen LogP contribution >= 0.6 is 15.9 Å². The van der Waals surface area contributed by atoms with E-state index in [1.807, 2.05) is 24.3 Å². The van der Waals surface area contributed by atoms with Gasteiger partial charge in [-0.1, -0.05) is 34.5 Å². The second-order valence-corrected chi connectivity index (χ2v) is 6.51. The third-order valence-electron chi connectivity index (χ3n) is 3.90. The summed E-state index contributed by atoms with van der Waals surface area (Å²) in [6.07, 6.45) is 5.79. The molecule has 1 aromatic rings. The molecule has 2 nitrogen and oxygen atoms in total. The van der Waals surface area contributed by atoms with E-state index in [2.05, 4.69) is 27.9 Å². The van der Waals surface area contributed by atoms with Crippen LogP contribution < -0.4 is 0 Å². The molecule has 2 rings (SSSR count). The summed E-state index contributed by atoms with van der Waals surface area (Å²) >= 11 is 3.38. The van der Waals surface area contributed by atoms with Crippen molar-refractivity contribution in [2.24, 2.45) is 5.92 Å². The van der Waals surface area contributed by atoms with E-state index in [1.165, 1.54) is 25.8 Å². The highest BCUT2D eigenvalue weighted by atomic mass is 79.9. The van der Waals surface area contributed by atoms with Gasteiger partial charge in [0.1, 0.15) is 0 Å². The van der Waals surface area contributed by atoms with E-state index in [1.54, 1.807) is 0 Å². The lowest BCUT2D eigenvalue weighted by Crippen LogP contribution is -2.30. The van der Waals surface area contributed by atoms with Gasteiger partial charge in [0, 0.05) is 23.0 Å². The van der Waals surface area contributed by atoms with Crippen molar-refractivity contribution < 1.29 is 4.79 Å². The lowest BCUT2D eigenvalue weighted by atomic mass is 9.85. The fraction of sp³-hybridized carbons (Fsp3) is 0.562. The Labute approximate surface area is 124 Å². The number of rotatable bonds is 7. The van der Waals surface area contributed by atoms with Crippen LogP contribution in [0.25, 0.3) is 0 Å². The second kappa shape index (κ2) is 7.20. The first-order valence-corrected chi connectivity index (χ1v) is 7.92. The molecule has 0 radical (unpaired) electrons. The minimum absolute atomic E-state index is 0.254. The largest absolute Gasteiger partial charge is 0.306 e. The highest BCUT2D eigenvalue weighted by Gasteiger charge is 2.18. The summed E-state index contributed by atoms with van der Waals surface area (Å²) in [5, 5.41) is 0. The minimum Gasteiger partial charge on any atom is -0.306 e. The van der Waals surface area contributed by atoms with Gasteiger partial charge in [-0.25, -0.2) is 0 Å². The molecule has 3 heteroatoms. The van der Waals surface area contributed by atoms with Gasteiger partial charge in [-0.15, -0.1) is 0 Å². The molecule has 1 aliphatic rings. The van der Waals surface area contributed by atoms with Crippen molar-refractivity contribution in [3.05, 3.63) is 34.3 Å². The van der Waals surface area contributed by atoms with Gasteiger partial charge in [0.2, 0.25) is 0 Å². The predicted molar refractivity (Wildman–Crippen MR) is 82.5 cm³/mol. The zero-order valence-electron chi connectivity index (χ0n) is 11.6. The van der Waals surface area contributed by atoms with Gasteiger partial charge in [0.25, 0.3) is 0 Å². The van der Waals surface area contributed by atoms with Gasteiger partial charge >= 0.3 is 0 Å². The molecule has 0 atom stereocenters. The smallest absolute Gasteiger partial charge is 0.162 e. The number of ketones is 1. The van der Waals surface area contributed by atoms with Crippen LogP contribution in [-0.4, -0.2) is 30.8 Å². The standard InChI is InChI=1S/C16H22BrNO/c1-18(12-13-4-2-5-13)11-3-6-16(19)14-7-9-15(17)10-8-14/h7-10,13H,2-6,11-12H2,1H3. The molecule has 0 saturated heterocycles. The van der Waals surface area contributed by atoms with Crippen molar-refractivity contribution in [1.29, 1.82) is 0 Å². The summed E-state index contributed by atoms with van der Waals surface area (Å²) in [4.78, 5) is 14.4. The Morgan fingerprint density at radius 3 is 2.58 bits per heavy atom. The monoisotopic (exact) mass is 323 g/mol. The van der Waals surface area contributed by atoms with Crippen LogP contribution in [0, 0.1) is 5.92 Å². The van der Waals surface area contributed by atoms with E-state index in [0.717, 1.165) is 28.9 Å². The Morgan fingerprint density at radius 2 is 2.00 bits per heavy atom. The summed E-state index contributed by atoms with van der Waals surface area (Å²) in [5.74, 6) is 1.16. The minimum atomic E-state index is 0.254. The molecule has 1 fully saturated rings. The highest BCUT2D eigenvalue weighted by molar-refractivity contribution is 9.10. The van der Waals surface area contributed by atoms with Crippen LogP contribution in [0.15, 0.2) is 28.7 Å². The zero-order chi connectivity index (χ0) is 13.7. The Balaban J connectivity index is 1.66. The van der Waals surface area contributed by atoms with E-state index < -0.39 is 0 Å². The first kappa shape index (κ1) is 14.7. The van der Waals surface area contributed by atoms with Crippen molar-refractivity contribution in [2.75, 3.05) is 20.1 Å². The molecule has 19 heavy (non-hydrogen) atoms. The molecule has 0 spiro atoms. The average molecular weight is 324 g/mol. The maximum atomic E-state index is 12.0. The van der Waals surface area contributed by atoms with Crippen molar-refractivity contribution >= 4 is 21.7 Å². The van der Waals surface area contributed by atoms with Crippen LogP contribution in [0.4, 0.5) is 0 Å². The van der Waals surface area contributed by atoms with Crippen molar-refractivity contribution in [2.45, 2.75) is 32.1 Å². The fourth-order valence-electron chi connectivity index (χ4n) is 2.50. The van der Waals surface area contributed by atoms with E-state index in [4.69, 9.17) is 0 Å². The normalized spacial score (nSPS) is 15.5. The van der Waals surface area contributed by atoms with Gasteiger partial charge in [-0.05, 0) is 50.9 Å². The third-order valence-corrected chi connectivity index (χ3v) is 4.43. The molecule has 0 N–H and O–H groups in total. The van der Waals surface area contributed by atoms with Crippen molar-refractivity contribution in [3.63, 3.8) is 0 Å². The summed E-state index contributed by atoms with van der Waals surface area (Å²) in [5.41, 5.74) is 0.824. The maximum Gasteiger partial charge on any atom is 0.162 e. The van der Waals surface area contributed by atoms with Crippen molar-refractivity contribution in [3.8, 4) is 0 Å². The fourth-order valence-corrected chi connectivity index (χ4v) is 2.76. The molecular formula is C16H22BrNO. The molecule has 0 amide bonds. The highest BCUT2D eigenvalue weighted by Crippen LogP contribution is 2.26. The van der Waals surface area contributed by atoms with Gasteiger partial charge in [0.15, 0.2) is 5.78 Å². The maximum absolute atomic E-state index is 12.0.